The van der Waals surface area contributed by atoms with Crippen molar-refractivity contribution >= 4 is 0 Å². The lowest BCUT2D eigenvalue weighted by Gasteiger charge is -2.33. The Morgan fingerprint density at radius 2 is 0.780 bits per heavy atom. The molecular weight excluding hydrogens is 617 g/mol. The Bertz CT molecular complexity index is 975. The van der Waals surface area contributed by atoms with E-state index in [1.165, 1.54) is 111 Å². The van der Waals surface area contributed by atoms with Crippen LogP contribution in [0.4, 0.5) is 0 Å². The van der Waals surface area contributed by atoms with Crippen LogP contribution in [0.5, 0.6) is 0 Å². The molecule has 0 aromatic rings. The third kappa shape index (κ3) is 10.5. The molecule has 8 nitrogen and oxygen atoms in total. The fourth-order valence-electron chi connectivity index (χ4n) is 11.0. The van der Waals surface area contributed by atoms with E-state index in [4.69, 9.17) is 0 Å². The van der Waals surface area contributed by atoms with E-state index in [1.807, 2.05) is 0 Å². The number of hydrogen-bond donors (Lipinski definition) is 0. The predicted octanol–water partition coefficient (Wildman–Crippen LogP) is 5.01. The molecular formula is C42H86N8. The molecule has 8 rings (SSSR count). The molecule has 8 unspecified atom stereocenters. The molecule has 8 fully saturated rings. The summed E-state index contributed by atoms with van der Waals surface area (Å²) in [5.41, 5.74) is 0. The maximum atomic E-state index is 2.67. The van der Waals surface area contributed by atoms with E-state index in [-0.39, 0.29) is 7.43 Å². The summed E-state index contributed by atoms with van der Waals surface area (Å²) in [7, 11) is 9.06. The highest BCUT2D eigenvalue weighted by Gasteiger charge is 2.42. The molecule has 8 aliphatic heterocycles. The Morgan fingerprint density at radius 1 is 0.380 bits per heavy atom. The Morgan fingerprint density at radius 3 is 1.28 bits per heavy atom. The highest BCUT2D eigenvalue weighted by Crippen LogP contribution is 2.34. The van der Waals surface area contributed by atoms with Crippen LogP contribution in [-0.2, 0) is 0 Å². The first-order chi connectivity index (χ1) is 23.2. The number of hydrogen-bond acceptors (Lipinski definition) is 8. The molecule has 0 aromatic heterocycles. The van der Waals surface area contributed by atoms with Gasteiger partial charge in [-0.3, -0.25) is 14.7 Å². The molecule has 0 aliphatic carbocycles. The van der Waals surface area contributed by atoms with Crippen molar-refractivity contribution in [3.8, 4) is 0 Å². The zero-order valence-electron chi connectivity index (χ0n) is 34.5. The van der Waals surface area contributed by atoms with Crippen molar-refractivity contribution in [2.45, 2.75) is 131 Å². The average molecular weight is 703 g/mol. The first kappa shape index (κ1) is 42.4. The van der Waals surface area contributed by atoms with Crippen LogP contribution in [0, 0.1) is 29.6 Å². The molecule has 0 bridgehead atoms. The molecule has 8 aliphatic rings. The largest absolute Gasteiger partial charge is 0.306 e. The first-order valence-corrected chi connectivity index (χ1v) is 21.0. The molecule has 8 atom stereocenters. The molecule has 0 aromatic carbocycles. The molecule has 8 saturated heterocycles. The zero-order valence-corrected chi connectivity index (χ0v) is 34.5. The summed E-state index contributed by atoms with van der Waals surface area (Å²) in [6.45, 7) is 35.7. The summed E-state index contributed by atoms with van der Waals surface area (Å²) in [6.07, 6.45) is 5.71. The van der Waals surface area contributed by atoms with Gasteiger partial charge in [0.05, 0.1) is 0 Å². The van der Waals surface area contributed by atoms with Crippen LogP contribution in [0.25, 0.3) is 0 Å². The summed E-state index contributed by atoms with van der Waals surface area (Å²) in [5.74, 6) is 4.84. The molecule has 50 heavy (non-hydrogen) atoms. The van der Waals surface area contributed by atoms with Gasteiger partial charge in [-0.1, -0.05) is 7.43 Å². The minimum absolute atomic E-state index is 0. The monoisotopic (exact) mass is 703 g/mol. The summed E-state index contributed by atoms with van der Waals surface area (Å²) in [5, 5.41) is 0. The Kier molecular flexibility index (Phi) is 16.0. The van der Waals surface area contributed by atoms with E-state index < -0.39 is 0 Å². The summed E-state index contributed by atoms with van der Waals surface area (Å²) >= 11 is 0. The fraction of sp³-hybridized carbons (Fsp3) is 1.00. The van der Waals surface area contributed by atoms with E-state index in [1.54, 1.807) is 0 Å². The third-order valence-corrected chi connectivity index (χ3v) is 14.3. The number of nitrogens with zero attached hydrogens (tertiary/aromatic N) is 8. The number of piperidine rings is 1. The molecule has 0 amide bonds. The molecule has 294 valence electrons. The lowest BCUT2D eigenvalue weighted by atomic mass is 9.93. The van der Waals surface area contributed by atoms with Gasteiger partial charge in [0.1, 0.15) is 0 Å². The van der Waals surface area contributed by atoms with Crippen LogP contribution in [0.15, 0.2) is 0 Å². The molecule has 0 N–H and O–H groups in total. The van der Waals surface area contributed by atoms with Gasteiger partial charge in [-0.2, -0.15) is 0 Å². The third-order valence-electron chi connectivity index (χ3n) is 14.3. The van der Waals surface area contributed by atoms with E-state index in [0.29, 0.717) is 0 Å². The van der Waals surface area contributed by atoms with Crippen LogP contribution >= 0.6 is 0 Å². The van der Waals surface area contributed by atoms with Crippen molar-refractivity contribution in [2.24, 2.45) is 29.6 Å². The second-order valence-corrected chi connectivity index (χ2v) is 19.1. The van der Waals surface area contributed by atoms with Gasteiger partial charge in [-0.15, -0.1) is 0 Å². The highest BCUT2D eigenvalue weighted by atomic mass is 15.3. The standard InChI is InChI=1S/C11H22N2.3C10H20N2.CH4/c1-9(2)13-7-10-5-4-6-12(3)11(10)8-13;1-8(2)12-6-9-4-11(3)5-10(9)7-12;1-8(2)12-5-4-9-6-11(3)7-10(9)12;1-8(2)12-6-9-4-5-11(3)10(9)7-12;/h9-11H,4-8H2,1-3H3;3*8-10H,4-7H2,1-3H3;1H4. The van der Waals surface area contributed by atoms with Crippen molar-refractivity contribution in [2.75, 3.05) is 113 Å². The predicted molar refractivity (Wildman–Crippen MR) is 216 cm³/mol. The minimum Gasteiger partial charge on any atom is -0.306 e. The van der Waals surface area contributed by atoms with Crippen LogP contribution in [-0.4, -0.2) is 195 Å². The van der Waals surface area contributed by atoms with Gasteiger partial charge in [0, 0.05) is 108 Å². The van der Waals surface area contributed by atoms with Gasteiger partial charge in [0.2, 0.25) is 0 Å². The molecule has 8 heteroatoms. The Balaban J connectivity index is 0.000000149. The summed E-state index contributed by atoms with van der Waals surface area (Å²) in [6, 6.07) is 5.56. The van der Waals surface area contributed by atoms with Gasteiger partial charge in [-0.05, 0) is 158 Å². The summed E-state index contributed by atoms with van der Waals surface area (Å²) < 4.78 is 0. The Hall–Kier alpha value is -0.320. The lowest BCUT2D eigenvalue weighted by Crippen LogP contribution is -2.42. The average Bonchev–Trinajstić information content (AvgIpc) is 3.86. The van der Waals surface area contributed by atoms with Gasteiger partial charge in [0.15, 0.2) is 0 Å². The molecule has 0 radical (unpaired) electrons. The highest BCUT2D eigenvalue weighted by molar-refractivity contribution is 4.97. The first-order valence-electron chi connectivity index (χ1n) is 21.0. The number of likely N-dealkylation sites (N-methyl/N-ethyl adjacent to an activating group) is 3. The van der Waals surface area contributed by atoms with E-state index in [2.05, 4.69) is 123 Å². The minimum atomic E-state index is 0. The normalized spacial score (nSPS) is 37.0. The van der Waals surface area contributed by atoms with Gasteiger partial charge >= 0.3 is 0 Å². The number of fused-ring (bicyclic) bond motifs is 4. The van der Waals surface area contributed by atoms with Crippen LogP contribution in [0.3, 0.4) is 0 Å². The lowest BCUT2D eigenvalue weighted by molar-refractivity contribution is 0.155. The second kappa shape index (κ2) is 18.8. The van der Waals surface area contributed by atoms with Crippen LogP contribution < -0.4 is 0 Å². The fourth-order valence-corrected chi connectivity index (χ4v) is 11.0. The number of rotatable bonds is 4. The van der Waals surface area contributed by atoms with Crippen LogP contribution in [0.2, 0.25) is 0 Å². The Labute approximate surface area is 312 Å². The van der Waals surface area contributed by atoms with Crippen molar-refractivity contribution in [3.05, 3.63) is 0 Å². The zero-order chi connectivity index (χ0) is 35.6. The van der Waals surface area contributed by atoms with Gasteiger partial charge in [0.25, 0.3) is 0 Å². The van der Waals surface area contributed by atoms with Gasteiger partial charge < -0.3 is 24.5 Å². The quantitative estimate of drug-likeness (QED) is 0.404. The van der Waals surface area contributed by atoms with E-state index >= 15 is 0 Å². The van der Waals surface area contributed by atoms with Crippen molar-refractivity contribution in [1.29, 1.82) is 0 Å². The second-order valence-electron chi connectivity index (χ2n) is 19.1. The summed E-state index contributed by atoms with van der Waals surface area (Å²) in [4.78, 5) is 20.6. The maximum Gasteiger partial charge on any atom is 0.0266 e. The van der Waals surface area contributed by atoms with Crippen molar-refractivity contribution in [3.63, 3.8) is 0 Å². The van der Waals surface area contributed by atoms with Crippen LogP contribution in [0.1, 0.15) is 88.5 Å². The van der Waals surface area contributed by atoms with E-state index in [0.717, 1.165) is 71.9 Å². The molecule has 0 spiro atoms. The van der Waals surface area contributed by atoms with E-state index in [9.17, 15) is 0 Å². The maximum absolute atomic E-state index is 2.67. The van der Waals surface area contributed by atoms with Gasteiger partial charge in [-0.25, -0.2) is 0 Å². The number of likely N-dealkylation sites (tertiary alicyclic amines) is 8. The topological polar surface area (TPSA) is 25.9 Å². The molecule has 8 heterocycles. The smallest absolute Gasteiger partial charge is 0.0266 e. The SMILES string of the molecule is C.CC(C)N1CC2CCCN(C)C2C1.CC(C)N1CC2CCN(C)C2C1.CC(C)N1CC2CN(C)CC2C1.CC(C)N1CCC2CN(C)CC21. The van der Waals surface area contributed by atoms with Crippen molar-refractivity contribution < 1.29 is 0 Å². The van der Waals surface area contributed by atoms with Crippen molar-refractivity contribution in [1.82, 2.24) is 39.2 Å². The molecule has 0 saturated carbocycles.